The normalized spacial score (nSPS) is 10.6. The molecule has 0 amide bonds. The number of benzene rings is 1. The van der Waals surface area contributed by atoms with Crippen molar-refractivity contribution in [3.63, 3.8) is 0 Å². The van der Waals surface area contributed by atoms with Gasteiger partial charge in [0.05, 0.1) is 6.54 Å². The Morgan fingerprint density at radius 3 is 2.83 bits per heavy atom. The molecule has 0 unspecified atom stereocenters. The average Bonchev–Trinajstić information content (AvgIpc) is 2.81. The van der Waals surface area contributed by atoms with Gasteiger partial charge in [0, 0.05) is 35.0 Å². The standard InChI is InChI=1S/C14H13ClFNO/c1-2-14(18)10-6-7-17(8-10)9-11-12(15)4-3-5-13(11)16/h3-8H,2,9H2,1H3. The van der Waals surface area contributed by atoms with Gasteiger partial charge in [0.15, 0.2) is 5.78 Å². The summed E-state index contributed by atoms with van der Waals surface area (Å²) in [5, 5.41) is 0.395. The molecule has 1 aromatic heterocycles. The lowest BCUT2D eigenvalue weighted by Crippen LogP contribution is -2.01. The van der Waals surface area contributed by atoms with E-state index in [9.17, 15) is 9.18 Å². The highest BCUT2D eigenvalue weighted by Gasteiger charge is 2.09. The summed E-state index contributed by atoms with van der Waals surface area (Å²) in [5.74, 6) is -0.257. The fourth-order valence-electron chi connectivity index (χ4n) is 1.77. The molecule has 0 saturated carbocycles. The minimum atomic E-state index is -0.334. The maximum absolute atomic E-state index is 13.6. The first kappa shape index (κ1) is 12.8. The Hall–Kier alpha value is -1.61. The molecule has 18 heavy (non-hydrogen) atoms. The molecule has 0 N–H and O–H groups in total. The summed E-state index contributed by atoms with van der Waals surface area (Å²) in [6, 6.07) is 6.34. The second-order valence-corrected chi connectivity index (χ2v) is 4.46. The van der Waals surface area contributed by atoms with E-state index in [4.69, 9.17) is 11.6 Å². The molecule has 4 heteroatoms. The largest absolute Gasteiger partial charge is 0.349 e. The van der Waals surface area contributed by atoms with Crippen molar-refractivity contribution in [1.82, 2.24) is 4.57 Å². The number of hydrogen-bond donors (Lipinski definition) is 0. The summed E-state index contributed by atoms with van der Waals surface area (Å²) < 4.78 is 15.4. The van der Waals surface area contributed by atoms with Crippen molar-refractivity contribution < 1.29 is 9.18 Å². The van der Waals surface area contributed by atoms with Crippen LogP contribution in [-0.2, 0) is 6.54 Å². The maximum atomic E-state index is 13.6. The molecule has 2 nitrogen and oxygen atoms in total. The smallest absolute Gasteiger partial charge is 0.164 e. The van der Waals surface area contributed by atoms with Gasteiger partial charge in [0.1, 0.15) is 5.82 Å². The predicted molar refractivity (Wildman–Crippen MR) is 69.6 cm³/mol. The Balaban J connectivity index is 2.24. The van der Waals surface area contributed by atoms with Gasteiger partial charge in [-0.25, -0.2) is 4.39 Å². The van der Waals surface area contributed by atoms with E-state index in [0.717, 1.165) is 0 Å². The van der Waals surface area contributed by atoms with Crippen LogP contribution in [0.1, 0.15) is 29.3 Å². The van der Waals surface area contributed by atoms with E-state index in [2.05, 4.69) is 0 Å². The molecule has 0 bridgehead atoms. The number of carbonyl (C=O) groups is 1. The number of carbonyl (C=O) groups excluding carboxylic acids is 1. The Bertz CT molecular complexity index is 557. The summed E-state index contributed by atoms with van der Waals surface area (Å²) >= 11 is 5.96. The van der Waals surface area contributed by atoms with E-state index >= 15 is 0 Å². The van der Waals surface area contributed by atoms with Gasteiger partial charge in [-0.15, -0.1) is 0 Å². The molecule has 1 heterocycles. The van der Waals surface area contributed by atoms with Gasteiger partial charge in [0.25, 0.3) is 0 Å². The Labute approximate surface area is 110 Å². The number of Topliss-reactive ketones (excluding diaryl/α,β-unsaturated/α-hetero) is 1. The summed E-state index contributed by atoms with van der Waals surface area (Å²) in [6.07, 6.45) is 3.94. The molecule has 0 saturated heterocycles. The van der Waals surface area contributed by atoms with Crippen molar-refractivity contribution >= 4 is 17.4 Å². The number of ketones is 1. The van der Waals surface area contributed by atoms with Crippen LogP contribution in [0.4, 0.5) is 4.39 Å². The first-order valence-electron chi connectivity index (χ1n) is 5.73. The fraction of sp³-hybridized carbons (Fsp3) is 0.214. The van der Waals surface area contributed by atoms with Gasteiger partial charge in [-0.2, -0.15) is 0 Å². The third-order valence-corrected chi connectivity index (χ3v) is 3.15. The third-order valence-electron chi connectivity index (χ3n) is 2.80. The van der Waals surface area contributed by atoms with Gasteiger partial charge in [-0.05, 0) is 18.2 Å². The van der Waals surface area contributed by atoms with E-state index < -0.39 is 0 Å². The number of nitrogens with zero attached hydrogens (tertiary/aromatic N) is 1. The molecule has 0 aliphatic rings. The van der Waals surface area contributed by atoms with Crippen molar-refractivity contribution in [2.24, 2.45) is 0 Å². The van der Waals surface area contributed by atoms with E-state index in [-0.39, 0.29) is 11.6 Å². The Morgan fingerprint density at radius 1 is 1.39 bits per heavy atom. The molecule has 0 fully saturated rings. The van der Waals surface area contributed by atoms with Crippen molar-refractivity contribution in [3.8, 4) is 0 Å². The Kier molecular flexibility index (Phi) is 3.82. The lowest BCUT2D eigenvalue weighted by atomic mass is 10.2. The quantitative estimate of drug-likeness (QED) is 0.768. The van der Waals surface area contributed by atoms with Gasteiger partial charge in [-0.3, -0.25) is 4.79 Å². The second kappa shape index (κ2) is 5.36. The van der Waals surface area contributed by atoms with Crippen LogP contribution in [-0.4, -0.2) is 10.4 Å². The second-order valence-electron chi connectivity index (χ2n) is 4.05. The molecule has 1 aromatic carbocycles. The highest BCUT2D eigenvalue weighted by atomic mass is 35.5. The molecule has 0 atom stereocenters. The minimum Gasteiger partial charge on any atom is -0.349 e. The van der Waals surface area contributed by atoms with Crippen LogP contribution in [0.25, 0.3) is 0 Å². The number of hydrogen-bond acceptors (Lipinski definition) is 1. The van der Waals surface area contributed by atoms with Crippen molar-refractivity contribution in [2.75, 3.05) is 0 Å². The van der Waals surface area contributed by atoms with E-state index in [1.807, 2.05) is 6.92 Å². The van der Waals surface area contributed by atoms with Crippen molar-refractivity contribution in [1.29, 1.82) is 0 Å². The molecule has 2 rings (SSSR count). The van der Waals surface area contributed by atoms with Crippen LogP contribution in [0, 0.1) is 5.82 Å². The predicted octanol–water partition coefficient (Wildman–Crippen LogP) is 3.92. The van der Waals surface area contributed by atoms with E-state index in [0.29, 0.717) is 29.1 Å². The average molecular weight is 266 g/mol. The zero-order chi connectivity index (χ0) is 13.1. The van der Waals surface area contributed by atoms with Gasteiger partial charge >= 0.3 is 0 Å². The van der Waals surface area contributed by atoms with Gasteiger partial charge in [-0.1, -0.05) is 24.6 Å². The first-order valence-corrected chi connectivity index (χ1v) is 6.11. The van der Waals surface area contributed by atoms with Crippen LogP contribution in [0.15, 0.2) is 36.7 Å². The van der Waals surface area contributed by atoms with Gasteiger partial charge in [0.2, 0.25) is 0 Å². The third kappa shape index (κ3) is 2.62. The summed E-state index contributed by atoms with van der Waals surface area (Å²) in [4.78, 5) is 11.5. The summed E-state index contributed by atoms with van der Waals surface area (Å²) in [7, 11) is 0. The Morgan fingerprint density at radius 2 is 2.17 bits per heavy atom. The van der Waals surface area contributed by atoms with Crippen LogP contribution in [0.2, 0.25) is 5.02 Å². The summed E-state index contributed by atoms with van der Waals surface area (Å²) in [5.41, 5.74) is 1.08. The molecule has 94 valence electrons. The van der Waals surface area contributed by atoms with Crippen molar-refractivity contribution in [2.45, 2.75) is 19.9 Å². The first-order chi connectivity index (χ1) is 8.61. The van der Waals surface area contributed by atoms with E-state index in [1.165, 1.54) is 6.07 Å². The fourth-order valence-corrected chi connectivity index (χ4v) is 2.00. The molecule has 0 aliphatic carbocycles. The highest BCUT2D eigenvalue weighted by Crippen LogP contribution is 2.20. The zero-order valence-electron chi connectivity index (χ0n) is 9.99. The molecule has 0 aliphatic heterocycles. The lowest BCUT2D eigenvalue weighted by molar-refractivity contribution is 0.0988. The van der Waals surface area contributed by atoms with Crippen LogP contribution in [0.3, 0.4) is 0 Å². The minimum absolute atomic E-state index is 0.0772. The maximum Gasteiger partial charge on any atom is 0.164 e. The molecule has 0 spiro atoms. The van der Waals surface area contributed by atoms with Gasteiger partial charge < -0.3 is 4.57 Å². The van der Waals surface area contributed by atoms with Crippen LogP contribution in [0.5, 0.6) is 0 Å². The monoisotopic (exact) mass is 265 g/mol. The molecular weight excluding hydrogens is 253 g/mol. The number of aromatic nitrogens is 1. The topological polar surface area (TPSA) is 22.0 Å². The van der Waals surface area contributed by atoms with Crippen LogP contribution < -0.4 is 0 Å². The number of halogens is 2. The lowest BCUT2D eigenvalue weighted by Gasteiger charge is -2.06. The SMILES string of the molecule is CCC(=O)c1ccn(Cc2c(F)cccc2Cl)c1. The van der Waals surface area contributed by atoms with E-state index in [1.54, 1.807) is 35.2 Å². The molecule has 0 radical (unpaired) electrons. The van der Waals surface area contributed by atoms with Crippen LogP contribution >= 0.6 is 11.6 Å². The summed E-state index contributed by atoms with van der Waals surface area (Å²) in [6.45, 7) is 2.13. The number of rotatable bonds is 4. The zero-order valence-corrected chi connectivity index (χ0v) is 10.7. The highest BCUT2D eigenvalue weighted by molar-refractivity contribution is 6.31. The van der Waals surface area contributed by atoms with Crippen molar-refractivity contribution in [3.05, 3.63) is 58.6 Å². The molecule has 2 aromatic rings. The molecular formula is C14H13ClFNO.